The van der Waals surface area contributed by atoms with E-state index in [9.17, 15) is 4.79 Å². The summed E-state index contributed by atoms with van der Waals surface area (Å²) in [4.78, 5) is 12.8. The van der Waals surface area contributed by atoms with Crippen molar-refractivity contribution in [1.82, 2.24) is 15.1 Å². The van der Waals surface area contributed by atoms with Crippen LogP contribution in [0.15, 0.2) is 6.20 Å². The number of nitrogens with two attached hydrogens (primary N) is 1. The number of carbonyl (C=O) groups is 1. The summed E-state index contributed by atoms with van der Waals surface area (Å²) in [6.07, 6.45) is 11.2. The van der Waals surface area contributed by atoms with E-state index in [1.54, 1.807) is 0 Å². The molecule has 1 aromatic rings. The fraction of sp³-hybridized carbons (Fsp3) is 0.765. The first kappa shape index (κ1) is 18.3. The predicted molar refractivity (Wildman–Crippen MR) is 93.7 cm³/mol. The predicted octanol–water partition coefficient (Wildman–Crippen LogP) is 2.29. The van der Waals surface area contributed by atoms with Gasteiger partial charge in [0, 0.05) is 31.4 Å². The minimum atomic E-state index is -0.0462. The van der Waals surface area contributed by atoms with E-state index in [1.165, 1.54) is 32.1 Å². The average Bonchev–Trinajstić information content (AvgIpc) is 2.93. The Kier molecular flexibility index (Phi) is 6.48. The van der Waals surface area contributed by atoms with Gasteiger partial charge in [0.2, 0.25) is 5.91 Å². The van der Waals surface area contributed by atoms with Crippen molar-refractivity contribution in [3.8, 4) is 0 Å². The number of amides is 1. The van der Waals surface area contributed by atoms with Crippen LogP contribution in [0, 0.1) is 5.92 Å². The summed E-state index contributed by atoms with van der Waals surface area (Å²) in [6.45, 7) is 0.545. The van der Waals surface area contributed by atoms with E-state index < -0.39 is 0 Å². The Balaban J connectivity index is 0.00000192. The van der Waals surface area contributed by atoms with Crippen LogP contribution in [-0.2, 0) is 18.3 Å². The van der Waals surface area contributed by atoms with E-state index in [-0.39, 0.29) is 30.3 Å². The normalized spacial score (nSPS) is 22.8. The number of aromatic nitrogens is 2. The molecular formula is C17H29ClN4O. The van der Waals surface area contributed by atoms with E-state index in [0.717, 1.165) is 30.5 Å². The van der Waals surface area contributed by atoms with Crippen molar-refractivity contribution in [3.63, 3.8) is 0 Å². The molecule has 0 spiro atoms. The Bertz CT molecular complexity index is 525. The number of fused-ring (bicyclic) bond motifs is 1. The van der Waals surface area contributed by atoms with Gasteiger partial charge in [-0.3, -0.25) is 9.48 Å². The molecule has 5 nitrogen and oxygen atoms in total. The third kappa shape index (κ3) is 4.07. The van der Waals surface area contributed by atoms with Gasteiger partial charge in [0.05, 0.1) is 11.6 Å². The maximum atomic E-state index is 12.8. The van der Waals surface area contributed by atoms with Crippen LogP contribution in [0.2, 0.25) is 0 Å². The Hall–Kier alpha value is -1.07. The minimum absolute atomic E-state index is 0. The third-order valence-corrected chi connectivity index (χ3v) is 5.34. The summed E-state index contributed by atoms with van der Waals surface area (Å²) in [5.41, 5.74) is 8.16. The van der Waals surface area contributed by atoms with Gasteiger partial charge in [0.25, 0.3) is 0 Å². The van der Waals surface area contributed by atoms with Crippen molar-refractivity contribution in [1.29, 1.82) is 0 Å². The second-order valence-electron chi connectivity index (χ2n) is 6.90. The quantitative estimate of drug-likeness (QED) is 0.883. The lowest BCUT2D eigenvalue weighted by Crippen LogP contribution is -2.47. The fourth-order valence-electron chi connectivity index (χ4n) is 4.13. The molecule has 3 N–H and O–H groups in total. The van der Waals surface area contributed by atoms with Crippen molar-refractivity contribution in [2.75, 3.05) is 6.54 Å². The molecule has 6 heteroatoms. The Labute approximate surface area is 144 Å². The summed E-state index contributed by atoms with van der Waals surface area (Å²) in [5.74, 6) is 0.657. The molecule has 1 heterocycles. The van der Waals surface area contributed by atoms with Crippen LogP contribution in [0.5, 0.6) is 0 Å². The summed E-state index contributed by atoms with van der Waals surface area (Å²) in [6, 6.07) is 0.134. The summed E-state index contributed by atoms with van der Waals surface area (Å²) < 4.78 is 1.83. The van der Waals surface area contributed by atoms with E-state index >= 15 is 0 Å². The fourth-order valence-corrected chi connectivity index (χ4v) is 4.13. The molecule has 1 saturated carbocycles. The van der Waals surface area contributed by atoms with Gasteiger partial charge in [0.15, 0.2) is 0 Å². The number of nitrogens with zero attached hydrogens (tertiary/aromatic N) is 2. The van der Waals surface area contributed by atoms with Gasteiger partial charge < -0.3 is 11.1 Å². The second-order valence-corrected chi connectivity index (χ2v) is 6.90. The van der Waals surface area contributed by atoms with Gasteiger partial charge in [-0.05, 0) is 38.0 Å². The molecule has 2 aliphatic rings. The van der Waals surface area contributed by atoms with Crippen molar-refractivity contribution >= 4 is 18.3 Å². The molecule has 0 aromatic carbocycles. The molecule has 23 heavy (non-hydrogen) atoms. The molecule has 0 saturated heterocycles. The van der Waals surface area contributed by atoms with Crippen LogP contribution >= 0.6 is 12.4 Å². The van der Waals surface area contributed by atoms with Crippen LogP contribution in [0.1, 0.15) is 62.1 Å². The monoisotopic (exact) mass is 340 g/mol. The van der Waals surface area contributed by atoms with Crippen molar-refractivity contribution in [3.05, 3.63) is 17.5 Å². The number of halogens is 1. The lowest BCUT2D eigenvalue weighted by atomic mass is 9.82. The summed E-state index contributed by atoms with van der Waals surface area (Å²) in [7, 11) is 1.93. The number of rotatable bonds is 4. The smallest absolute Gasteiger partial charge is 0.227 e. The Morgan fingerprint density at radius 3 is 2.78 bits per heavy atom. The molecule has 2 atom stereocenters. The van der Waals surface area contributed by atoms with Gasteiger partial charge in [-0.25, -0.2) is 0 Å². The molecular weight excluding hydrogens is 312 g/mol. The Morgan fingerprint density at radius 1 is 1.35 bits per heavy atom. The molecule has 0 radical (unpaired) electrons. The zero-order valence-corrected chi connectivity index (χ0v) is 14.8. The maximum Gasteiger partial charge on any atom is 0.227 e. The molecule has 2 unspecified atom stereocenters. The zero-order chi connectivity index (χ0) is 15.5. The lowest BCUT2D eigenvalue weighted by molar-refractivity contribution is -0.124. The molecule has 2 aliphatic carbocycles. The third-order valence-electron chi connectivity index (χ3n) is 5.34. The van der Waals surface area contributed by atoms with Gasteiger partial charge in [-0.2, -0.15) is 5.10 Å². The zero-order valence-electron chi connectivity index (χ0n) is 14.0. The van der Waals surface area contributed by atoms with Gasteiger partial charge in [-0.15, -0.1) is 12.4 Å². The molecule has 1 aromatic heterocycles. The highest BCUT2D eigenvalue weighted by atomic mass is 35.5. The van der Waals surface area contributed by atoms with Crippen LogP contribution < -0.4 is 11.1 Å². The van der Waals surface area contributed by atoms with Gasteiger partial charge in [0.1, 0.15) is 0 Å². The standard InChI is InChI=1S/C17H28N4O.ClH/c1-21-11-14-13(8-5-9-15(14)20-21)17(22)19-16(10-18)12-6-3-2-4-7-12;/h11-13,16H,2-10,18H2,1H3,(H,19,22);1H. The molecule has 0 aliphatic heterocycles. The summed E-state index contributed by atoms with van der Waals surface area (Å²) >= 11 is 0. The highest BCUT2D eigenvalue weighted by Gasteiger charge is 2.31. The highest BCUT2D eigenvalue weighted by Crippen LogP contribution is 2.32. The average molecular weight is 341 g/mol. The van der Waals surface area contributed by atoms with E-state index in [1.807, 2.05) is 17.9 Å². The largest absolute Gasteiger partial charge is 0.351 e. The maximum absolute atomic E-state index is 12.8. The number of nitrogens with one attached hydrogen (secondary N) is 1. The number of hydrogen-bond acceptors (Lipinski definition) is 3. The van der Waals surface area contributed by atoms with Crippen molar-refractivity contribution < 1.29 is 4.79 Å². The van der Waals surface area contributed by atoms with Gasteiger partial charge in [-0.1, -0.05) is 19.3 Å². The minimum Gasteiger partial charge on any atom is -0.351 e. The van der Waals surface area contributed by atoms with Gasteiger partial charge >= 0.3 is 0 Å². The van der Waals surface area contributed by atoms with Crippen LogP contribution in [0.3, 0.4) is 0 Å². The van der Waals surface area contributed by atoms with E-state index in [2.05, 4.69) is 10.4 Å². The van der Waals surface area contributed by atoms with E-state index in [0.29, 0.717) is 12.5 Å². The molecule has 130 valence electrons. The first-order valence-corrected chi connectivity index (χ1v) is 8.72. The first-order chi connectivity index (χ1) is 10.7. The molecule has 1 amide bonds. The number of carbonyl (C=O) groups excluding carboxylic acids is 1. The van der Waals surface area contributed by atoms with Crippen LogP contribution in [0.4, 0.5) is 0 Å². The molecule has 1 fully saturated rings. The lowest BCUT2D eigenvalue weighted by Gasteiger charge is -2.31. The highest BCUT2D eigenvalue weighted by molar-refractivity contribution is 5.85. The SMILES string of the molecule is Cl.Cn1cc2c(n1)CCCC2C(=O)NC(CN)C1CCCCC1. The Morgan fingerprint density at radius 2 is 2.09 bits per heavy atom. The van der Waals surface area contributed by atoms with Crippen molar-refractivity contribution in [2.45, 2.75) is 63.3 Å². The topological polar surface area (TPSA) is 72.9 Å². The number of hydrogen-bond donors (Lipinski definition) is 2. The molecule has 3 rings (SSSR count). The summed E-state index contributed by atoms with van der Waals surface area (Å²) in [5, 5.41) is 7.74. The number of aryl methyl sites for hydroxylation is 2. The van der Waals surface area contributed by atoms with E-state index in [4.69, 9.17) is 5.73 Å². The molecule has 0 bridgehead atoms. The van der Waals surface area contributed by atoms with Crippen molar-refractivity contribution in [2.24, 2.45) is 18.7 Å². The van der Waals surface area contributed by atoms with Crippen LogP contribution in [-0.4, -0.2) is 28.3 Å². The van der Waals surface area contributed by atoms with Crippen LogP contribution in [0.25, 0.3) is 0 Å². The second kappa shape index (κ2) is 8.15. The first-order valence-electron chi connectivity index (χ1n) is 8.72.